The van der Waals surface area contributed by atoms with E-state index in [1.54, 1.807) is 24.3 Å². The highest BCUT2D eigenvalue weighted by Crippen LogP contribution is 2.32. The van der Waals surface area contributed by atoms with Gasteiger partial charge in [0.05, 0.1) is 6.21 Å². The SMILES string of the molecule is Cc1cc(OCC(=O)N/N=C/c2ccc(OCC(=O)O)cc2)c(C(C)C)cc1Br. The molecule has 154 valence electrons. The molecule has 0 aliphatic carbocycles. The predicted octanol–water partition coefficient (Wildman–Crippen LogP) is 3.87. The molecular weight excluding hydrogens is 440 g/mol. The summed E-state index contributed by atoms with van der Waals surface area (Å²) in [6.07, 6.45) is 1.47. The van der Waals surface area contributed by atoms with Crippen LogP contribution in [0.25, 0.3) is 0 Å². The number of carbonyl (C=O) groups is 2. The first-order valence-corrected chi connectivity index (χ1v) is 9.75. The van der Waals surface area contributed by atoms with Gasteiger partial charge in [-0.25, -0.2) is 10.2 Å². The Bertz CT molecular complexity index is 895. The third-order valence-corrected chi connectivity index (χ3v) is 4.77. The maximum atomic E-state index is 12.0. The van der Waals surface area contributed by atoms with Crippen molar-refractivity contribution in [3.63, 3.8) is 0 Å². The average molecular weight is 463 g/mol. The lowest BCUT2D eigenvalue weighted by atomic mass is 10.0. The number of benzene rings is 2. The fourth-order valence-electron chi connectivity index (χ4n) is 2.40. The molecule has 0 aliphatic heterocycles. The van der Waals surface area contributed by atoms with E-state index in [4.69, 9.17) is 14.6 Å². The smallest absolute Gasteiger partial charge is 0.341 e. The number of nitrogens with one attached hydrogen (secondary N) is 1. The summed E-state index contributed by atoms with van der Waals surface area (Å²) in [4.78, 5) is 22.5. The second kappa shape index (κ2) is 10.6. The second-order valence-corrected chi connectivity index (χ2v) is 7.48. The summed E-state index contributed by atoms with van der Waals surface area (Å²) in [6, 6.07) is 10.6. The first-order valence-electron chi connectivity index (χ1n) is 8.95. The number of hydrazone groups is 1. The van der Waals surface area contributed by atoms with Gasteiger partial charge in [-0.1, -0.05) is 29.8 Å². The predicted molar refractivity (Wildman–Crippen MR) is 114 cm³/mol. The summed E-state index contributed by atoms with van der Waals surface area (Å²) in [5.41, 5.74) is 5.18. The Morgan fingerprint density at radius 1 is 1.17 bits per heavy atom. The van der Waals surface area contributed by atoms with Gasteiger partial charge in [-0.05, 0) is 65.9 Å². The van der Waals surface area contributed by atoms with E-state index in [1.165, 1.54) is 6.21 Å². The van der Waals surface area contributed by atoms with Gasteiger partial charge in [-0.15, -0.1) is 0 Å². The van der Waals surface area contributed by atoms with E-state index in [0.717, 1.165) is 21.2 Å². The Morgan fingerprint density at radius 2 is 1.86 bits per heavy atom. The Balaban J connectivity index is 1.87. The number of rotatable bonds is 9. The highest BCUT2D eigenvalue weighted by molar-refractivity contribution is 9.10. The van der Waals surface area contributed by atoms with Crippen LogP contribution in [0, 0.1) is 6.92 Å². The number of carbonyl (C=O) groups excluding carboxylic acids is 1. The second-order valence-electron chi connectivity index (χ2n) is 6.63. The maximum absolute atomic E-state index is 12.0. The third kappa shape index (κ3) is 7.23. The van der Waals surface area contributed by atoms with Gasteiger partial charge in [0.25, 0.3) is 5.91 Å². The molecule has 2 rings (SSSR count). The standard InChI is InChI=1S/C21H23BrN2O5/c1-13(2)17-9-18(22)14(3)8-19(17)29-11-20(25)24-23-10-15-4-6-16(7-5-15)28-12-21(26)27/h4-10,13H,11-12H2,1-3H3,(H,24,25)(H,26,27)/b23-10+. The summed E-state index contributed by atoms with van der Waals surface area (Å²) >= 11 is 3.52. The van der Waals surface area contributed by atoms with Gasteiger partial charge < -0.3 is 14.6 Å². The number of aliphatic carboxylic acids is 1. The number of hydrogen-bond acceptors (Lipinski definition) is 5. The van der Waals surface area contributed by atoms with Crippen molar-refractivity contribution in [2.45, 2.75) is 26.7 Å². The summed E-state index contributed by atoms with van der Waals surface area (Å²) in [7, 11) is 0. The summed E-state index contributed by atoms with van der Waals surface area (Å²) in [6.45, 7) is 5.53. The van der Waals surface area contributed by atoms with Crippen LogP contribution in [0.1, 0.15) is 36.5 Å². The molecule has 7 nitrogen and oxygen atoms in total. The van der Waals surface area contributed by atoms with Crippen molar-refractivity contribution in [3.8, 4) is 11.5 Å². The zero-order valence-corrected chi connectivity index (χ0v) is 18.0. The van der Waals surface area contributed by atoms with E-state index in [0.29, 0.717) is 11.5 Å². The number of carboxylic acids is 1. The van der Waals surface area contributed by atoms with Crippen LogP contribution in [0.4, 0.5) is 0 Å². The zero-order valence-electron chi connectivity index (χ0n) is 16.4. The number of amides is 1. The van der Waals surface area contributed by atoms with E-state index in [-0.39, 0.29) is 18.4 Å². The molecule has 0 radical (unpaired) electrons. The summed E-state index contributed by atoms with van der Waals surface area (Å²) in [5, 5.41) is 12.5. The van der Waals surface area contributed by atoms with Crippen LogP contribution in [0.3, 0.4) is 0 Å². The lowest BCUT2D eigenvalue weighted by Crippen LogP contribution is -2.25. The van der Waals surface area contributed by atoms with Crippen LogP contribution >= 0.6 is 15.9 Å². The first-order chi connectivity index (χ1) is 13.8. The van der Waals surface area contributed by atoms with Gasteiger partial charge in [-0.2, -0.15) is 5.10 Å². The minimum atomic E-state index is -1.04. The molecule has 0 saturated heterocycles. The lowest BCUT2D eigenvalue weighted by molar-refractivity contribution is -0.139. The normalized spacial score (nSPS) is 10.9. The van der Waals surface area contributed by atoms with Crippen LogP contribution < -0.4 is 14.9 Å². The average Bonchev–Trinajstić information content (AvgIpc) is 2.67. The van der Waals surface area contributed by atoms with Gasteiger partial charge in [0.15, 0.2) is 13.2 Å². The molecule has 0 heterocycles. The molecule has 0 unspecified atom stereocenters. The minimum absolute atomic E-state index is 0.153. The number of nitrogens with zero attached hydrogens (tertiary/aromatic N) is 1. The van der Waals surface area contributed by atoms with Gasteiger partial charge >= 0.3 is 5.97 Å². The molecule has 2 N–H and O–H groups in total. The summed E-state index contributed by atoms with van der Waals surface area (Å²) in [5.74, 6) is -0.0488. The molecule has 2 aromatic carbocycles. The minimum Gasteiger partial charge on any atom is -0.483 e. The Labute approximate surface area is 177 Å². The first kappa shape index (κ1) is 22.4. The van der Waals surface area contributed by atoms with Crippen LogP contribution in [0.2, 0.25) is 0 Å². The molecular formula is C21H23BrN2O5. The molecule has 0 aliphatic rings. The molecule has 0 spiro atoms. The number of ether oxygens (including phenoxy) is 2. The Morgan fingerprint density at radius 3 is 2.48 bits per heavy atom. The molecule has 2 aromatic rings. The highest BCUT2D eigenvalue weighted by Gasteiger charge is 2.12. The van der Waals surface area contributed by atoms with E-state index >= 15 is 0 Å². The van der Waals surface area contributed by atoms with E-state index in [2.05, 4.69) is 40.3 Å². The van der Waals surface area contributed by atoms with Crippen molar-refractivity contribution < 1.29 is 24.2 Å². The topological polar surface area (TPSA) is 97.2 Å². The van der Waals surface area contributed by atoms with Gasteiger partial charge in [0.2, 0.25) is 0 Å². The lowest BCUT2D eigenvalue weighted by Gasteiger charge is -2.15. The molecule has 1 amide bonds. The number of hydrogen-bond donors (Lipinski definition) is 2. The Hall–Kier alpha value is -2.87. The number of aryl methyl sites for hydroxylation is 1. The van der Waals surface area contributed by atoms with Gasteiger partial charge in [0.1, 0.15) is 11.5 Å². The van der Waals surface area contributed by atoms with Crippen LogP contribution in [-0.2, 0) is 9.59 Å². The Kier molecular flexibility index (Phi) is 8.21. The molecule has 0 atom stereocenters. The maximum Gasteiger partial charge on any atom is 0.341 e. The quantitative estimate of drug-likeness (QED) is 0.435. The van der Waals surface area contributed by atoms with Gasteiger partial charge in [0, 0.05) is 4.47 Å². The van der Waals surface area contributed by atoms with Crippen molar-refractivity contribution in [1.29, 1.82) is 0 Å². The summed E-state index contributed by atoms with van der Waals surface area (Å²) < 4.78 is 11.7. The van der Waals surface area contributed by atoms with E-state index in [9.17, 15) is 9.59 Å². The number of carboxylic acid groups (broad SMARTS) is 1. The van der Waals surface area contributed by atoms with Crippen molar-refractivity contribution >= 4 is 34.0 Å². The van der Waals surface area contributed by atoms with Crippen molar-refractivity contribution in [2.75, 3.05) is 13.2 Å². The molecule has 0 fully saturated rings. The third-order valence-electron chi connectivity index (χ3n) is 3.92. The van der Waals surface area contributed by atoms with Crippen LogP contribution in [0.15, 0.2) is 46.0 Å². The monoisotopic (exact) mass is 462 g/mol. The largest absolute Gasteiger partial charge is 0.483 e. The van der Waals surface area contributed by atoms with Crippen LogP contribution in [-0.4, -0.2) is 36.4 Å². The van der Waals surface area contributed by atoms with Crippen molar-refractivity contribution in [1.82, 2.24) is 5.43 Å². The molecule has 29 heavy (non-hydrogen) atoms. The molecule has 0 saturated carbocycles. The van der Waals surface area contributed by atoms with E-state index < -0.39 is 12.6 Å². The van der Waals surface area contributed by atoms with Gasteiger partial charge in [-0.3, -0.25) is 4.79 Å². The van der Waals surface area contributed by atoms with Crippen molar-refractivity contribution in [2.24, 2.45) is 5.10 Å². The molecule has 0 aromatic heterocycles. The van der Waals surface area contributed by atoms with E-state index in [1.807, 2.05) is 19.1 Å². The highest BCUT2D eigenvalue weighted by atomic mass is 79.9. The molecule has 8 heteroatoms. The number of halogens is 1. The fourth-order valence-corrected chi connectivity index (χ4v) is 2.76. The zero-order chi connectivity index (χ0) is 21.4. The van der Waals surface area contributed by atoms with Crippen molar-refractivity contribution in [3.05, 3.63) is 57.6 Å². The molecule has 0 bridgehead atoms. The van der Waals surface area contributed by atoms with Crippen LogP contribution in [0.5, 0.6) is 11.5 Å². The fraction of sp³-hybridized carbons (Fsp3) is 0.286.